The van der Waals surface area contributed by atoms with E-state index in [9.17, 15) is 0 Å². The largest absolute Gasteiger partial charge is 0.308 e. The second-order valence-electron chi connectivity index (χ2n) is 5.14. The van der Waals surface area contributed by atoms with Crippen LogP contribution in [0.25, 0.3) is 0 Å². The van der Waals surface area contributed by atoms with Gasteiger partial charge < -0.3 is 5.32 Å². The molecule has 1 aliphatic carbocycles. The lowest BCUT2D eigenvalue weighted by Crippen LogP contribution is -2.16. The third-order valence-electron chi connectivity index (χ3n) is 3.44. The topological polar surface area (TPSA) is 47.7 Å². The van der Waals surface area contributed by atoms with Gasteiger partial charge in [0.1, 0.15) is 5.15 Å². The van der Waals surface area contributed by atoms with Gasteiger partial charge in [-0.25, -0.2) is 0 Å². The number of halogens is 1. The van der Waals surface area contributed by atoms with Crippen LogP contribution in [0, 0.1) is 6.92 Å². The molecular formula is C13H18ClN5. The van der Waals surface area contributed by atoms with Crippen LogP contribution in [0.5, 0.6) is 0 Å². The van der Waals surface area contributed by atoms with Gasteiger partial charge in [-0.15, -0.1) is 0 Å². The first kappa shape index (κ1) is 12.7. The number of hydrogen-bond acceptors (Lipinski definition) is 3. The van der Waals surface area contributed by atoms with Crippen molar-refractivity contribution in [2.45, 2.75) is 38.9 Å². The Hall–Kier alpha value is -1.33. The van der Waals surface area contributed by atoms with Crippen LogP contribution in [0.3, 0.4) is 0 Å². The van der Waals surface area contributed by atoms with E-state index in [-0.39, 0.29) is 0 Å². The fourth-order valence-corrected chi connectivity index (χ4v) is 2.37. The molecular weight excluding hydrogens is 262 g/mol. The average molecular weight is 280 g/mol. The zero-order valence-corrected chi connectivity index (χ0v) is 12.0. The molecule has 2 aromatic heterocycles. The van der Waals surface area contributed by atoms with Crippen LogP contribution in [0.4, 0.5) is 0 Å². The third-order valence-corrected chi connectivity index (χ3v) is 3.91. The summed E-state index contributed by atoms with van der Waals surface area (Å²) in [4.78, 5) is 0. The van der Waals surface area contributed by atoms with Crippen molar-refractivity contribution in [1.29, 1.82) is 0 Å². The smallest absolute Gasteiger partial charge is 0.132 e. The highest BCUT2D eigenvalue weighted by molar-refractivity contribution is 6.30. The molecule has 5 nitrogen and oxygen atoms in total. The second kappa shape index (κ2) is 4.98. The van der Waals surface area contributed by atoms with Crippen molar-refractivity contribution in [1.82, 2.24) is 24.9 Å². The highest BCUT2D eigenvalue weighted by Gasteiger charge is 2.20. The van der Waals surface area contributed by atoms with Gasteiger partial charge in [0.25, 0.3) is 0 Å². The molecule has 0 unspecified atom stereocenters. The van der Waals surface area contributed by atoms with Crippen LogP contribution in [0.15, 0.2) is 12.3 Å². The summed E-state index contributed by atoms with van der Waals surface area (Å²) in [5.74, 6) is 0. The summed E-state index contributed by atoms with van der Waals surface area (Å²) in [6.45, 7) is 3.49. The predicted molar refractivity (Wildman–Crippen MR) is 74.1 cm³/mol. The minimum absolute atomic E-state index is 0.669. The number of aryl methyl sites for hydroxylation is 2. The van der Waals surface area contributed by atoms with E-state index in [2.05, 4.69) is 21.6 Å². The number of nitrogens with zero attached hydrogens (tertiary/aromatic N) is 4. The predicted octanol–water partition coefficient (Wildman–Crippen LogP) is 1.88. The standard InChI is InChI=1S/C13H18ClN5/c1-9-12(13(14)18(2)16-9)8-19-6-5-11(17-19)7-15-10-3-4-10/h5-6,10,15H,3-4,7-8H2,1-2H3. The van der Waals surface area contributed by atoms with Gasteiger partial charge in [0, 0.05) is 31.4 Å². The van der Waals surface area contributed by atoms with E-state index < -0.39 is 0 Å². The van der Waals surface area contributed by atoms with E-state index >= 15 is 0 Å². The fourth-order valence-electron chi connectivity index (χ4n) is 2.14. The van der Waals surface area contributed by atoms with Gasteiger partial charge in [0.05, 0.1) is 17.9 Å². The molecule has 0 amide bonds. The lowest BCUT2D eigenvalue weighted by molar-refractivity contribution is 0.630. The summed E-state index contributed by atoms with van der Waals surface area (Å²) >= 11 is 6.23. The van der Waals surface area contributed by atoms with Gasteiger partial charge in [-0.2, -0.15) is 10.2 Å². The highest BCUT2D eigenvalue weighted by Crippen LogP contribution is 2.20. The Balaban J connectivity index is 1.68. The molecule has 0 radical (unpaired) electrons. The Kier molecular flexibility index (Phi) is 3.33. The van der Waals surface area contributed by atoms with Crippen molar-refractivity contribution >= 4 is 11.6 Å². The maximum Gasteiger partial charge on any atom is 0.132 e. The summed E-state index contributed by atoms with van der Waals surface area (Å²) in [6, 6.07) is 2.76. The first-order valence-electron chi connectivity index (χ1n) is 6.57. The molecule has 3 rings (SSSR count). The van der Waals surface area contributed by atoms with Gasteiger partial charge in [-0.1, -0.05) is 11.6 Å². The molecule has 2 heterocycles. The fraction of sp³-hybridized carbons (Fsp3) is 0.538. The normalized spacial score (nSPS) is 15.1. The molecule has 1 aliphatic rings. The molecule has 19 heavy (non-hydrogen) atoms. The van der Waals surface area contributed by atoms with Crippen molar-refractivity contribution in [3.8, 4) is 0 Å². The molecule has 6 heteroatoms. The quantitative estimate of drug-likeness (QED) is 0.909. The van der Waals surface area contributed by atoms with Crippen molar-refractivity contribution in [3.05, 3.63) is 34.4 Å². The molecule has 0 bridgehead atoms. The highest BCUT2D eigenvalue weighted by atomic mass is 35.5. The molecule has 0 spiro atoms. The Morgan fingerprint density at radius 1 is 1.42 bits per heavy atom. The third kappa shape index (κ3) is 2.82. The van der Waals surface area contributed by atoms with Gasteiger partial charge in [-0.3, -0.25) is 9.36 Å². The summed E-state index contributed by atoms with van der Waals surface area (Å²) < 4.78 is 3.62. The first-order chi connectivity index (χ1) is 9.13. The number of nitrogens with one attached hydrogen (secondary N) is 1. The van der Waals surface area contributed by atoms with E-state index in [0.717, 1.165) is 23.5 Å². The van der Waals surface area contributed by atoms with Crippen molar-refractivity contribution in [2.75, 3.05) is 0 Å². The molecule has 0 saturated heterocycles. The van der Waals surface area contributed by atoms with Gasteiger partial charge in [-0.05, 0) is 25.8 Å². The SMILES string of the molecule is Cc1nn(C)c(Cl)c1Cn1ccc(CNC2CC2)n1. The van der Waals surface area contributed by atoms with E-state index in [1.165, 1.54) is 12.8 Å². The van der Waals surface area contributed by atoms with Crippen molar-refractivity contribution < 1.29 is 0 Å². The van der Waals surface area contributed by atoms with Crippen LogP contribution in [0.1, 0.15) is 29.8 Å². The van der Waals surface area contributed by atoms with Crippen LogP contribution in [-0.2, 0) is 20.1 Å². The molecule has 1 saturated carbocycles. The van der Waals surface area contributed by atoms with Gasteiger partial charge >= 0.3 is 0 Å². The lowest BCUT2D eigenvalue weighted by atomic mass is 10.3. The molecule has 0 aromatic carbocycles. The summed E-state index contributed by atoms with van der Waals surface area (Å²) in [5.41, 5.74) is 3.07. The van der Waals surface area contributed by atoms with Crippen molar-refractivity contribution in [2.24, 2.45) is 7.05 Å². The molecule has 0 aliphatic heterocycles. The maximum atomic E-state index is 6.23. The number of aromatic nitrogens is 4. The summed E-state index contributed by atoms with van der Waals surface area (Å²) in [6.07, 6.45) is 4.59. The molecule has 1 N–H and O–H groups in total. The summed E-state index contributed by atoms with van der Waals surface area (Å²) in [5, 5.41) is 13.0. The minimum atomic E-state index is 0.669. The van der Waals surface area contributed by atoms with E-state index in [1.54, 1.807) is 4.68 Å². The van der Waals surface area contributed by atoms with E-state index in [1.807, 2.05) is 24.9 Å². The Morgan fingerprint density at radius 3 is 2.84 bits per heavy atom. The Labute approximate surface area is 117 Å². The van der Waals surface area contributed by atoms with Gasteiger partial charge in [0.2, 0.25) is 0 Å². The van der Waals surface area contributed by atoms with E-state index in [0.29, 0.717) is 17.7 Å². The summed E-state index contributed by atoms with van der Waals surface area (Å²) in [7, 11) is 1.85. The van der Waals surface area contributed by atoms with E-state index in [4.69, 9.17) is 11.6 Å². The molecule has 2 aromatic rings. The molecule has 1 fully saturated rings. The zero-order chi connectivity index (χ0) is 13.4. The first-order valence-corrected chi connectivity index (χ1v) is 6.95. The number of hydrogen-bond donors (Lipinski definition) is 1. The van der Waals surface area contributed by atoms with Crippen LogP contribution in [0.2, 0.25) is 5.15 Å². The minimum Gasteiger partial charge on any atom is -0.308 e. The Bertz CT molecular complexity index is 582. The van der Waals surface area contributed by atoms with Gasteiger partial charge in [0.15, 0.2) is 0 Å². The van der Waals surface area contributed by atoms with Crippen LogP contribution < -0.4 is 5.32 Å². The molecule has 102 valence electrons. The van der Waals surface area contributed by atoms with Crippen LogP contribution in [-0.4, -0.2) is 25.6 Å². The maximum absolute atomic E-state index is 6.23. The molecule has 0 atom stereocenters. The number of rotatable bonds is 5. The lowest BCUT2D eigenvalue weighted by Gasteiger charge is -2.02. The second-order valence-corrected chi connectivity index (χ2v) is 5.50. The van der Waals surface area contributed by atoms with Crippen molar-refractivity contribution in [3.63, 3.8) is 0 Å². The average Bonchev–Trinajstić information content (AvgIpc) is 3.06. The Morgan fingerprint density at radius 2 is 2.21 bits per heavy atom. The zero-order valence-electron chi connectivity index (χ0n) is 11.2. The van der Waals surface area contributed by atoms with Crippen LogP contribution >= 0.6 is 11.6 Å². The monoisotopic (exact) mass is 279 g/mol.